The molecule has 2 atom stereocenters. The van der Waals surface area contributed by atoms with Crippen LogP contribution in [0.2, 0.25) is 0 Å². The number of anilines is 1. The van der Waals surface area contributed by atoms with Crippen LogP contribution in [-0.4, -0.2) is 114 Å². The van der Waals surface area contributed by atoms with Gasteiger partial charge >= 0.3 is 0 Å². The van der Waals surface area contributed by atoms with Gasteiger partial charge < -0.3 is 35.3 Å². The number of nitrogen functional groups attached to an aromatic ring is 1. The van der Waals surface area contributed by atoms with Gasteiger partial charge in [0.05, 0.1) is 37.5 Å². The molecule has 0 radical (unpaired) electrons. The highest BCUT2D eigenvalue weighted by Gasteiger charge is 2.23. The number of fused-ring (bicyclic) bond motifs is 3. The van der Waals surface area contributed by atoms with Crippen molar-refractivity contribution >= 4 is 45.5 Å². The number of hydrogen-bond donors (Lipinski definition) is 3. The number of imidazole rings is 1. The Morgan fingerprint density at radius 2 is 1.62 bits per heavy atom. The van der Waals surface area contributed by atoms with Crippen molar-refractivity contribution in [1.82, 2.24) is 35.0 Å². The van der Waals surface area contributed by atoms with Crippen molar-refractivity contribution in [2.75, 3.05) is 71.4 Å². The van der Waals surface area contributed by atoms with E-state index in [9.17, 15) is 14.4 Å². The lowest BCUT2D eigenvalue weighted by Gasteiger charge is -2.35. The molecule has 1 saturated heterocycles. The first-order valence-corrected chi connectivity index (χ1v) is 21.1. The number of nitrogens with one attached hydrogen (secondary N) is 2. The smallest absolute Gasteiger partial charge is 0.223 e. The van der Waals surface area contributed by atoms with Crippen molar-refractivity contribution in [2.45, 2.75) is 116 Å². The lowest BCUT2D eigenvalue weighted by Crippen LogP contribution is -2.49. The summed E-state index contributed by atoms with van der Waals surface area (Å²) in [6.45, 7) is 10.8. The number of rotatable bonds is 20. The van der Waals surface area contributed by atoms with Crippen LogP contribution in [0.3, 0.4) is 0 Å². The van der Waals surface area contributed by atoms with Crippen LogP contribution in [-0.2, 0) is 36.8 Å². The topological polar surface area (TPSA) is 157 Å². The van der Waals surface area contributed by atoms with E-state index in [4.69, 9.17) is 20.2 Å². The van der Waals surface area contributed by atoms with Crippen LogP contribution >= 0.6 is 0 Å². The molecule has 0 bridgehead atoms. The zero-order valence-electron chi connectivity index (χ0n) is 33.5. The third-order valence-corrected chi connectivity index (χ3v) is 11.3. The van der Waals surface area contributed by atoms with Crippen LogP contribution < -0.4 is 16.4 Å². The summed E-state index contributed by atoms with van der Waals surface area (Å²) in [5.41, 5.74) is 9.07. The number of para-hydroxylation sites is 1. The molecule has 2 aromatic heterocycles. The van der Waals surface area contributed by atoms with Gasteiger partial charge in [0.1, 0.15) is 11.3 Å². The summed E-state index contributed by atoms with van der Waals surface area (Å²) < 4.78 is 13.5. The summed E-state index contributed by atoms with van der Waals surface area (Å²) >= 11 is 0. The van der Waals surface area contributed by atoms with Crippen LogP contribution in [0.5, 0.6) is 0 Å². The number of amides is 3. The summed E-state index contributed by atoms with van der Waals surface area (Å²) in [5, 5.41) is 7.15. The van der Waals surface area contributed by atoms with E-state index in [1.165, 1.54) is 38.5 Å². The minimum absolute atomic E-state index is 0.0130. The maximum absolute atomic E-state index is 12.9. The Hall–Kier alpha value is -3.81. The fourth-order valence-corrected chi connectivity index (χ4v) is 7.97. The fraction of sp³-hybridized carbons (Fsp3) is 0.690. The molecule has 2 fully saturated rings. The summed E-state index contributed by atoms with van der Waals surface area (Å²) in [7, 11) is 0. The molecule has 1 aliphatic heterocycles. The van der Waals surface area contributed by atoms with Crippen LogP contribution in [0.1, 0.15) is 103 Å². The molecule has 2 unspecified atom stereocenters. The van der Waals surface area contributed by atoms with Crippen molar-refractivity contribution in [3.8, 4) is 0 Å². The number of piperazine rings is 1. The number of carbonyl (C=O) groups excluding carboxylic acids is 3. The van der Waals surface area contributed by atoms with Crippen molar-refractivity contribution in [3.63, 3.8) is 0 Å². The van der Waals surface area contributed by atoms with Crippen molar-refractivity contribution < 1.29 is 23.9 Å². The molecule has 304 valence electrons. The van der Waals surface area contributed by atoms with Gasteiger partial charge in [0.15, 0.2) is 5.82 Å². The third kappa shape index (κ3) is 13.1. The van der Waals surface area contributed by atoms with E-state index in [0.717, 1.165) is 86.0 Å². The van der Waals surface area contributed by atoms with Crippen LogP contribution in [0.25, 0.3) is 21.9 Å². The minimum Gasteiger partial charge on any atom is -0.382 e. The van der Waals surface area contributed by atoms with E-state index in [-0.39, 0.29) is 36.6 Å². The Kier molecular flexibility index (Phi) is 17.5. The molecule has 3 heterocycles. The zero-order chi connectivity index (χ0) is 38.8. The van der Waals surface area contributed by atoms with Crippen molar-refractivity contribution in [1.29, 1.82) is 0 Å². The average Bonchev–Trinajstić information content (AvgIpc) is 3.61. The summed E-state index contributed by atoms with van der Waals surface area (Å²) in [6, 6.07) is 8.37. The number of nitrogens with zero attached hydrogens (tertiary/aromatic N) is 5. The normalized spacial score (nSPS) is 18.5. The molecule has 13 heteroatoms. The molecule has 3 amide bonds. The Morgan fingerprint density at radius 3 is 2.40 bits per heavy atom. The van der Waals surface area contributed by atoms with E-state index in [2.05, 4.69) is 45.0 Å². The summed E-state index contributed by atoms with van der Waals surface area (Å²) in [4.78, 5) is 51.7. The molecule has 2 aliphatic rings. The van der Waals surface area contributed by atoms with Gasteiger partial charge in [-0.25, -0.2) is 9.97 Å². The Labute approximate surface area is 327 Å². The first kappa shape index (κ1) is 42.3. The monoisotopic (exact) mass is 763 g/mol. The number of aryl methyl sites for hydroxylation is 1. The second-order valence-corrected chi connectivity index (χ2v) is 15.3. The highest BCUT2D eigenvalue weighted by molar-refractivity contribution is 6.06. The Bertz CT molecular complexity index is 1660. The molecule has 4 N–H and O–H groups in total. The summed E-state index contributed by atoms with van der Waals surface area (Å²) in [5.74, 6) is 2.14. The van der Waals surface area contributed by atoms with Gasteiger partial charge in [-0.15, -0.1) is 0 Å². The highest BCUT2D eigenvalue weighted by atomic mass is 16.5. The molecule has 13 nitrogen and oxygen atoms in total. The largest absolute Gasteiger partial charge is 0.382 e. The number of pyridine rings is 1. The predicted octanol–water partition coefficient (Wildman–Crippen LogP) is 5.23. The minimum atomic E-state index is -0.155. The Morgan fingerprint density at radius 1 is 0.855 bits per heavy atom. The van der Waals surface area contributed by atoms with Crippen LogP contribution in [0.4, 0.5) is 5.82 Å². The molecule has 55 heavy (non-hydrogen) atoms. The predicted molar refractivity (Wildman–Crippen MR) is 218 cm³/mol. The third-order valence-electron chi connectivity index (χ3n) is 11.3. The van der Waals surface area contributed by atoms with Gasteiger partial charge in [0.2, 0.25) is 17.7 Å². The summed E-state index contributed by atoms with van der Waals surface area (Å²) in [6.07, 6.45) is 13.4. The van der Waals surface area contributed by atoms with Gasteiger partial charge in [-0.3, -0.25) is 19.3 Å². The molecule has 1 aliphatic carbocycles. The SMILES string of the molecule is CCCCc1nc2c(N)nc3ccccc3c2n1CCN1CCN(C(=O)CCC(=O)NCCOCCOCCC(=O)NC2CCCCCCC(CC)C2)CC1. The number of unbranched alkanes of at least 4 members (excludes halogenated alkanes) is 1. The average molecular weight is 763 g/mol. The van der Waals surface area contributed by atoms with Crippen molar-refractivity contribution in [3.05, 3.63) is 30.1 Å². The maximum atomic E-state index is 12.9. The van der Waals surface area contributed by atoms with Crippen LogP contribution in [0, 0.1) is 5.92 Å². The zero-order valence-corrected chi connectivity index (χ0v) is 33.5. The standard InChI is InChI=1S/C42H66N8O5/c1-3-5-16-36-47-40-41(34-14-10-11-15-35(34)46-42(40)43)50(36)26-23-48-21-24-49(25-22-48)39(53)18-17-37(51)44-20-28-55-30-29-54-27-19-38(52)45-33-13-9-7-6-8-12-32(4-2)31-33/h10-11,14-15,32-33H,3-9,12-13,16-31H2,1-2H3,(H2,43,46)(H,44,51)(H,45,52). The second kappa shape index (κ2) is 22.7. The Balaban J connectivity index is 0.914. The van der Waals surface area contributed by atoms with E-state index in [0.29, 0.717) is 64.2 Å². The second-order valence-electron chi connectivity index (χ2n) is 15.3. The first-order chi connectivity index (χ1) is 26.9. The fourth-order valence-electron chi connectivity index (χ4n) is 7.97. The highest BCUT2D eigenvalue weighted by Crippen LogP contribution is 2.29. The van der Waals surface area contributed by atoms with E-state index < -0.39 is 0 Å². The molecular weight excluding hydrogens is 697 g/mol. The lowest BCUT2D eigenvalue weighted by atomic mass is 9.92. The van der Waals surface area contributed by atoms with E-state index >= 15 is 0 Å². The molecule has 0 spiro atoms. The first-order valence-electron chi connectivity index (χ1n) is 21.1. The lowest BCUT2D eigenvalue weighted by molar-refractivity contribution is -0.135. The van der Waals surface area contributed by atoms with Gasteiger partial charge in [-0.1, -0.05) is 77.0 Å². The van der Waals surface area contributed by atoms with Crippen LogP contribution in [0.15, 0.2) is 24.3 Å². The molecular formula is C42H66N8O5. The van der Waals surface area contributed by atoms with E-state index in [1.54, 1.807) is 0 Å². The van der Waals surface area contributed by atoms with Gasteiger partial charge in [0, 0.05) is 82.9 Å². The van der Waals surface area contributed by atoms with Gasteiger partial charge in [0.25, 0.3) is 0 Å². The number of benzene rings is 1. The van der Waals surface area contributed by atoms with Crippen molar-refractivity contribution in [2.24, 2.45) is 5.92 Å². The maximum Gasteiger partial charge on any atom is 0.223 e. The quantitative estimate of drug-likeness (QED) is 0.131. The molecule has 1 aromatic carbocycles. The molecule has 1 saturated carbocycles. The number of carbonyl (C=O) groups is 3. The number of nitrogens with two attached hydrogens (primary N) is 1. The molecule has 5 rings (SSSR count). The molecule has 3 aromatic rings. The van der Waals surface area contributed by atoms with E-state index in [1.807, 2.05) is 23.1 Å². The van der Waals surface area contributed by atoms with Gasteiger partial charge in [-0.05, 0) is 31.2 Å². The van der Waals surface area contributed by atoms with Gasteiger partial charge in [-0.2, -0.15) is 0 Å². The number of ether oxygens (including phenoxy) is 2. The number of aromatic nitrogens is 3. The number of hydrogen-bond acceptors (Lipinski definition) is 9.